The van der Waals surface area contributed by atoms with Crippen molar-refractivity contribution < 1.29 is 9.59 Å². The molecule has 106 valence electrons. The zero-order valence-electron chi connectivity index (χ0n) is 12.2. The summed E-state index contributed by atoms with van der Waals surface area (Å²) in [6.07, 6.45) is 6.34. The zero-order valence-corrected chi connectivity index (χ0v) is 12.2. The van der Waals surface area contributed by atoms with Crippen LogP contribution in [0.3, 0.4) is 0 Å². The summed E-state index contributed by atoms with van der Waals surface area (Å²) < 4.78 is 0. The topological polar surface area (TPSA) is 49.4 Å². The molecule has 4 nitrogen and oxygen atoms in total. The molecule has 1 unspecified atom stereocenters. The van der Waals surface area contributed by atoms with E-state index in [9.17, 15) is 9.59 Å². The first-order chi connectivity index (χ1) is 9.00. The summed E-state index contributed by atoms with van der Waals surface area (Å²) >= 11 is 0. The first-order valence-electron chi connectivity index (χ1n) is 7.26. The molecule has 1 spiro atoms. The molecule has 1 atom stereocenters. The molecule has 1 aliphatic heterocycles. The van der Waals surface area contributed by atoms with Crippen LogP contribution in [-0.4, -0.2) is 34.8 Å². The number of carbonyl (C=O) groups excluding carboxylic acids is 2. The highest BCUT2D eigenvalue weighted by molar-refractivity contribution is 6.00. The van der Waals surface area contributed by atoms with Crippen molar-refractivity contribution >= 4 is 11.8 Å². The molecule has 0 aromatic heterocycles. The molecule has 1 saturated carbocycles. The fourth-order valence-electron chi connectivity index (χ4n) is 3.14. The average Bonchev–Trinajstić information content (AvgIpc) is 2.81. The molecule has 0 bridgehead atoms. The number of hydrogen-bond acceptors (Lipinski definition) is 2. The Labute approximate surface area is 115 Å². The lowest BCUT2D eigenvalue weighted by Crippen LogP contribution is -2.69. The largest absolute Gasteiger partial charge is 0.340 e. The van der Waals surface area contributed by atoms with Crippen LogP contribution in [0.4, 0.5) is 0 Å². The van der Waals surface area contributed by atoms with Crippen LogP contribution in [0.15, 0.2) is 11.6 Å². The van der Waals surface area contributed by atoms with Gasteiger partial charge >= 0.3 is 0 Å². The molecule has 1 heterocycles. The van der Waals surface area contributed by atoms with Crippen molar-refractivity contribution in [3.8, 4) is 0 Å². The molecule has 1 aliphatic carbocycles. The number of rotatable bonds is 3. The summed E-state index contributed by atoms with van der Waals surface area (Å²) in [7, 11) is 0. The van der Waals surface area contributed by atoms with Crippen LogP contribution in [-0.2, 0) is 9.59 Å². The lowest BCUT2D eigenvalue weighted by Gasteiger charge is -2.44. The molecular formula is C15H24N2O2. The van der Waals surface area contributed by atoms with Gasteiger partial charge in [0, 0.05) is 6.54 Å². The average molecular weight is 264 g/mol. The maximum atomic E-state index is 12.8. The highest BCUT2D eigenvalue weighted by atomic mass is 16.2. The van der Waals surface area contributed by atoms with Crippen LogP contribution in [0.5, 0.6) is 0 Å². The van der Waals surface area contributed by atoms with Gasteiger partial charge in [-0.15, -0.1) is 0 Å². The Hall–Kier alpha value is -1.32. The Morgan fingerprint density at radius 3 is 2.53 bits per heavy atom. The Bertz CT molecular complexity index is 404. The van der Waals surface area contributed by atoms with Gasteiger partial charge in [-0.3, -0.25) is 9.59 Å². The maximum absolute atomic E-state index is 12.8. The second-order valence-electron chi connectivity index (χ2n) is 5.94. The van der Waals surface area contributed by atoms with E-state index >= 15 is 0 Å². The molecule has 2 rings (SSSR count). The van der Waals surface area contributed by atoms with Crippen molar-refractivity contribution in [2.24, 2.45) is 0 Å². The minimum atomic E-state index is -0.599. The molecule has 0 aromatic rings. The molecule has 1 N–H and O–H groups in total. The summed E-state index contributed by atoms with van der Waals surface area (Å²) in [5.41, 5.74) is 0.576. The van der Waals surface area contributed by atoms with E-state index in [-0.39, 0.29) is 17.9 Å². The van der Waals surface area contributed by atoms with Gasteiger partial charge in [-0.25, -0.2) is 0 Å². The van der Waals surface area contributed by atoms with Crippen LogP contribution in [0.25, 0.3) is 0 Å². The fraction of sp³-hybridized carbons (Fsp3) is 0.733. The minimum absolute atomic E-state index is 0.0196. The third kappa shape index (κ3) is 2.53. The predicted octanol–water partition coefficient (Wildman–Crippen LogP) is 2.00. The van der Waals surface area contributed by atoms with Crippen molar-refractivity contribution in [1.82, 2.24) is 10.2 Å². The van der Waals surface area contributed by atoms with Gasteiger partial charge in [0.25, 0.3) is 0 Å². The fourth-order valence-corrected chi connectivity index (χ4v) is 3.14. The van der Waals surface area contributed by atoms with Gasteiger partial charge in [0.1, 0.15) is 11.6 Å². The summed E-state index contributed by atoms with van der Waals surface area (Å²) in [4.78, 5) is 26.8. The van der Waals surface area contributed by atoms with Gasteiger partial charge in [-0.1, -0.05) is 31.4 Å². The minimum Gasteiger partial charge on any atom is -0.340 e. The van der Waals surface area contributed by atoms with Crippen molar-refractivity contribution in [3.63, 3.8) is 0 Å². The molecule has 0 aromatic carbocycles. The molecule has 0 radical (unpaired) electrons. The van der Waals surface area contributed by atoms with Gasteiger partial charge in [0.2, 0.25) is 11.8 Å². The first-order valence-corrected chi connectivity index (χ1v) is 7.26. The van der Waals surface area contributed by atoms with Crippen molar-refractivity contribution in [3.05, 3.63) is 11.6 Å². The quantitative estimate of drug-likeness (QED) is 0.793. The van der Waals surface area contributed by atoms with Crippen molar-refractivity contribution in [2.45, 2.75) is 64.5 Å². The van der Waals surface area contributed by atoms with Crippen LogP contribution in [0.1, 0.15) is 52.9 Å². The number of amides is 2. The Morgan fingerprint density at radius 1 is 1.37 bits per heavy atom. The number of hydrogen-bond donors (Lipinski definition) is 1. The molecule has 2 aliphatic rings. The van der Waals surface area contributed by atoms with E-state index in [0.29, 0.717) is 13.0 Å². The number of nitrogens with one attached hydrogen (secondary N) is 1. The third-order valence-electron chi connectivity index (χ3n) is 4.25. The third-order valence-corrected chi connectivity index (χ3v) is 4.25. The van der Waals surface area contributed by atoms with Crippen molar-refractivity contribution in [1.29, 1.82) is 0 Å². The van der Waals surface area contributed by atoms with Gasteiger partial charge in [-0.2, -0.15) is 0 Å². The van der Waals surface area contributed by atoms with Crippen molar-refractivity contribution in [2.75, 3.05) is 6.54 Å². The predicted molar refractivity (Wildman–Crippen MR) is 74.6 cm³/mol. The van der Waals surface area contributed by atoms with Gasteiger partial charge < -0.3 is 10.2 Å². The Morgan fingerprint density at radius 2 is 2.00 bits per heavy atom. The number of allylic oxidation sites excluding steroid dienone is 1. The van der Waals surface area contributed by atoms with Crippen LogP contribution in [0, 0.1) is 0 Å². The van der Waals surface area contributed by atoms with Crippen LogP contribution >= 0.6 is 0 Å². The van der Waals surface area contributed by atoms with E-state index in [1.807, 2.05) is 26.8 Å². The number of nitrogens with zero attached hydrogens (tertiary/aromatic N) is 1. The van der Waals surface area contributed by atoms with E-state index < -0.39 is 5.54 Å². The zero-order chi connectivity index (χ0) is 14.0. The van der Waals surface area contributed by atoms with Gasteiger partial charge in [0.05, 0.1) is 0 Å². The molecule has 19 heavy (non-hydrogen) atoms. The maximum Gasteiger partial charge on any atom is 0.249 e. The molecule has 4 heteroatoms. The van der Waals surface area contributed by atoms with Crippen LogP contribution < -0.4 is 5.32 Å². The van der Waals surface area contributed by atoms with E-state index in [0.717, 1.165) is 25.7 Å². The molecule has 1 saturated heterocycles. The second kappa shape index (κ2) is 5.35. The van der Waals surface area contributed by atoms with Crippen LogP contribution in [0.2, 0.25) is 0 Å². The van der Waals surface area contributed by atoms with E-state index in [1.54, 1.807) is 4.90 Å². The van der Waals surface area contributed by atoms with Gasteiger partial charge in [0.15, 0.2) is 0 Å². The van der Waals surface area contributed by atoms with Gasteiger partial charge in [-0.05, 0) is 33.1 Å². The molecule has 2 amide bonds. The van der Waals surface area contributed by atoms with E-state index in [4.69, 9.17) is 0 Å². The lowest BCUT2D eigenvalue weighted by atomic mass is 9.90. The SMILES string of the molecule is CCC1C(=O)NC2(CCCC2)C(=O)N1CC=C(C)C. The summed E-state index contributed by atoms with van der Waals surface area (Å²) in [5, 5.41) is 3.01. The van der Waals surface area contributed by atoms with E-state index in [1.165, 1.54) is 5.57 Å². The number of piperazine rings is 1. The summed E-state index contributed by atoms with van der Waals surface area (Å²) in [6, 6.07) is -0.311. The smallest absolute Gasteiger partial charge is 0.249 e. The Balaban J connectivity index is 2.26. The highest BCUT2D eigenvalue weighted by Gasteiger charge is 2.51. The lowest BCUT2D eigenvalue weighted by molar-refractivity contribution is -0.154. The Kier molecular flexibility index (Phi) is 3.97. The first kappa shape index (κ1) is 14.1. The number of carbonyl (C=O) groups is 2. The molecular weight excluding hydrogens is 240 g/mol. The second-order valence-corrected chi connectivity index (χ2v) is 5.94. The standard InChI is InChI=1S/C15H24N2O2/c1-4-12-13(18)16-15(8-5-6-9-15)14(19)17(12)10-7-11(2)3/h7,12H,4-6,8-10H2,1-3H3,(H,16,18). The monoisotopic (exact) mass is 264 g/mol. The highest BCUT2D eigenvalue weighted by Crippen LogP contribution is 2.35. The molecule has 2 fully saturated rings. The normalized spacial score (nSPS) is 25.6. The summed E-state index contributed by atoms with van der Waals surface area (Å²) in [5.74, 6) is 0.139. The summed E-state index contributed by atoms with van der Waals surface area (Å²) in [6.45, 7) is 6.54. The van der Waals surface area contributed by atoms with E-state index in [2.05, 4.69) is 5.32 Å².